The Hall–Kier alpha value is -1.44. The molecule has 102 valence electrons. The number of halogens is 1. The van der Waals surface area contributed by atoms with E-state index in [0.717, 1.165) is 0 Å². The van der Waals surface area contributed by atoms with Crippen LogP contribution in [0.3, 0.4) is 0 Å². The first-order valence-electron chi connectivity index (χ1n) is 5.49. The van der Waals surface area contributed by atoms with Gasteiger partial charge in [0.15, 0.2) is 5.82 Å². The maximum atomic E-state index is 12.3. The first-order chi connectivity index (χ1) is 8.89. The molecule has 0 aliphatic carbocycles. The van der Waals surface area contributed by atoms with Gasteiger partial charge in [-0.3, -0.25) is 5.10 Å². The molecule has 0 saturated carbocycles. The summed E-state index contributed by atoms with van der Waals surface area (Å²) in [5.74, 6) is 1.06. The van der Waals surface area contributed by atoms with Crippen LogP contribution in [0, 0.1) is 6.92 Å². The summed E-state index contributed by atoms with van der Waals surface area (Å²) in [7, 11) is -2.12. The van der Waals surface area contributed by atoms with Gasteiger partial charge >= 0.3 is 0 Å². The van der Waals surface area contributed by atoms with E-state index >= 15 is 0 Å². The molecule has 0 saturated heterocycles. The lowest BCUT2D eigenvalue weighted by molar-refractivity contribution is 0.457. The Bertz CT molecular complexity index is 684. The third kappa shape index (κ3) is 3.12. The minimum atomic E-state index is -3.60. The molecule has 2 rings (SSSR count). The van der Waals surface area contributed by atoms with E-state index in [2.05, 4.69) is 15.2 Å². The topological polar surface area (TPSA) is 79.0 Å². The van der Waals surface area contributed by atoms with Crippen molar-refractivity contribution in [2.45, 2.75) is 18.4 Å². The van der Waals surface area contributed by atoms with Gasteiger partial charge in [-0.2, -0.15) is 9.40 Å². The van der Waals surface area contributed by atoms with Gasteiger partial charge in [-0.1, -0.05) is 17.7 Å². The largest absolute Gasteiger partial charge is 0.263 e. The smallest absolute Gasteiger partial charge is 0.243 e. The number of H-pyrrole nitrogens is 1. The van der Waals surface area contributed by atoms with Gasteiger partial charge in [-0.05, 0) is 25.1 Å². The molecule has 0 aliphatic rings. The molecule has 1 aromatic carbocycles. The normalized spacial score (nSPS) is 12.0. The second kappa shape index (κ2) is 5.28. The number of aromatic nitrogens is 3. The molecule has 6 nitrogen and oxygen atoms in total. The average molecular weight is 301 g/mol. The van der Waals surface area contributed by atoms with Crippen molar-refractivity contribution in [1.82, 2.24) is 19.5 Å². The number of nitrogens with zero attached hydrogens (tertiary/aromatic N) is 3. The van der Waals surface area contributed by atoms with Crippen molar-refractivity contribution in [3.63, 3.8) is 0 Å². The highest BCUT2D eigenvalue weighted by atomic mass is 35.5. The molecule has 0 amide bonds. The third-order valence-corrected chi connectivity index (χ3v) is 4.55. The molecule has 1 N–H and O–H groups in total. The maximum Gasteiger partial charge on any atom is 0.243 e. The second-order valence-corrected chi connectivity index (χ2v) is 6.54. The first-order valence-corrected chi connectivity index (χ1v) is 7.31. The summed E-state index contributed by atoms with van der Waals surface area (Å²) in [5, 5.41) is 6.96. The molecule has 0 fully saturated rings. The fourth-order valence-corrected chi connectivity index (χ4v) is 2.98. The number of nitrogens with one attached hydrogen (secondary N) is 1. The lowest BCUT2D eigenvalue weighted by Gasteiger charge is -2.15. The first kappa shape index (κ1) is 14.0. The van der Waals surface area contributed by atoms with Crippen LogP contribution in [0.25, 0.3) is 0 Å². The fraction of sp³-hybridized carbons (Fsp3) is 0.273. The molecule has 2 aromatic rings. The van der Waals surface area contributed by atoms with Gasteiger partial charge in [0, 0.05) is 12.1 Å². The van der Waals surface area contributed by atoms with Gasteiger partial charge in [0.1, 0.15) is 5.82 Å². The van der Waals surface area contributed by atoms with Crippen molar-refractivity contribution in [1.29, 1.82) is 0 Å². The van der Waals surface area contributed by atoms with Gasteiger partial charge in [0.2, 0.25) is 10.0 Å². The number of benzene rings is 1. The maximum absolute atomic E-state index is 12.3. The highest BCUT2D eigenvalue weighted by molar-refractivity contribution is 7.89. The Morgan fingerprint density at radius 3 is 2.74 bits per heavy atom. The lowest BCUT2D eigenvalue weighted by atomic mass is 10.4. The van der Waals surface area contributed by atoms with Crippen LogP contribution in [0.15, 0.2) is 29.2 Å². The van der Waals surface area contributed by atoms with Crippen LogP contribution >= 0.6 is 11.6 Å². The Morgan fingerprint density at radius 1 is 1.42 bits per heavy atom. The van der Waals surface area contributed by atoms with Gasteiger partial charge in [-0.15, -0.1) is 0 Å². The monoisotopic (exact) mass is 300 g/mol. The van der Waals surface area contributed by atoms with Gasteiger partial charge in [0.05, 0.1) is 11.4 Å². The molecular formula is C11H13ClN4O2S. The van der Waals surface area contributed by atoms with Gasteiger partial charge < -0.3 is 0 Å². The summed E-state index contributed by atoms with van der Waals surface area (Å²) in [6, 6.07) is 6.14. The van der Waals surface area contributed by atoms with Crippen molar-refractivity contribution in [3.8, 4) is 0 Å². The van der Waals surface area contributed by atoms with E-state index in [1.807, 2.05) is 0 Å². The zero-order valence-electron chi connectivity index (χ0n) is 10.5. The van der Waals surface area contributed by atoms with Crippen molar-refractivity contribution < 1.29 is 8.42 Å². The Balaban J connectivity index is 2.24. The average Bonchev–Trinajstić information content (AvgIpc) is 2.74. The predicted molar refractivity (Wildman–Crippen MR) is 71.2 cm³/mol. The van der Waals surface area contributed by atoms with Crippen molar-refractivity contribution in [3.05, 3.63) is 40.9 Å². The zero-order chi connectivity index (χ0) is 14.0. The Morgan fingerprint density at radius 2 is 2.16 bits per heavy atom. The predicted octanol–water partition coefficient (Wildman–Crippen LogP) is 1.59. The van der Waals surface area contributed by atoms with E-state index in [1.54, 1.807) is 19.1 Å². The highest BCUT2D eigenvalue weighted by Crippen LogP contribution is 2.19. The van der Waals surface area contributed by atoms with Gasteiger partial charge in [-0.25, -0.2) is 13.4 Å². The van der Waals surface area contributed by atoms with Crippen LogP contribution in [0.1, 0.15) is 11.6 Å². The Labute approximate surface area is 116 Å². The zero-order valence-corrected chi connectivity index (χ0v) is 12.0. The minimum absolute atomic E-state index is 0.0964. The summed E-state index contributed by atoms with van der Waals surface area (Å²) in [6.07, 6.45) is 0. The SMILES string of the molecule is Cc1nc(CN(C)S(=O)(=O)c2cccc(Cl)c2)n[nH]1. The van der Waals surface area contributed by atoms with E-state index in [-0.39, 0.29) is 11.4 Å². The third-order valence-electron chi connectivity index (χ3n) is 2.51. The van der Waals surface area contributed by atoms with Crippen molar-refractivity contribution >= 4 is 21.6 Å². The Kier molecular flexibility index (Phi) is 3.88. The molecule has 0 unspecified atom stereocenters. The summed E-state index contributed by atoms with van der Waals surface area (Å²) in [4.78, 5) is 4.22. The molecular weight excluding hydrogens is 288 g/mol. The quantitative estimate of drug-likeness (QED) is 0.930. The van der Waals surface area contributed by atoms with Crippen molar-refractivity contribution in [2.75, 3.05) is 7.05 Å². The second-order valence-electron chi connectivity index (χ2n) is 4.06. The molecule has 8 heteroatoms. The molecule has 0 radical (unpaired) electrons. The number of sulfonamides is 1. The molecule has 1 heterocycles. The van der Waals surface area contributed by atoms with E-state index in [0.29, 0.717) is 16.7 Å². The summed E-state index contributed by atoms with van der Waals surface area (Å²) >= 11 is 5.81. The molecule has 1 aromatic heterocycles. The van der Waals surface area contributed by atoms with E-state index in [9.17, 15) is 8.42 Å². The summed E-state index contributed by atoms with van der Waals surface area (Å²) in [5.41, 5.74) is 0. The number of rotatable bonds is 4. The molecule has 0 spiro atoms. The molecule has 0 bridgehead atoms. The van der Waals surface area contributed by atoms with E-state index in [1.165, 1.54) is 23.5 Å². The number of aromatic amines is 1. The number of aryl methyl sites for hydroxylation is 1. The number of hydrogen-bond donors (Lipinski definition) is 1. The van der Waals surface area contributed by atoms with E-state index < -0.39 is 10.0 Å². The van der Waals surface area contributed by atoms with Gasteiger partial charge in [0.25, 0.3) is 0 Å². The van der Waals surface area contributed by atoms with Crippen molar-refractivity contribution in [2.24, 2.45) is 0 Å². The van der Waals surface area contributed by atoms with Crippen LogP contribution < -0.4 is 0 Å². The van der Waals surface area contributed by atoms with Crippen LogP contribution in [0.2, 0.25) is 5.02 Å². The van der Waals surface area contributed by atoms with Crippen LogP contribution in [0.5, 0.6) is 0 Å². The summed E-state index contributed by atoms with van der Waals surface area (Å²) in [6.45, 7) is 1.85. The fourth-order valence-electron chi connectivity index (χ4n) is 1.55. The van der Waals surface area contributed by atoms with E-state index in [4.69, 9.17) is 11.6 Å². The number of hydrogen-bond acceptors (Lipinski definition) is 4. The standard InChI is InChI=1S/C11H13ClN4O2S/c1-8-13-11(15-14-8)7-16(2)19(17,18)10-5-3-4-9(12)6-10/h3-6H,7H2,1-2H3,(H,13,14,15). The molecule has 0 aliphatic heterocycles. The lowest BCUT2D eigenvalue weighted by Crippen LogP contribution is -2.27. The summed E-state index contributed by atoms with van der Waals surface area (Å²) < 4.78 is 25.8. The molecule has 0 atom stereocenters. The van der Waals surface area contributed by atoms with Crippen LogP contribution in [-0.2, 0) is 16.6 Å². The van der Waals surface area contributed by atoms with Crippen LogP contribution in [0.4, 0.5) is 0 Å². The highest BCUT2D eigenvalue weighted by Gasteiger charge is 2.22. The van der Waals surface area contributed by atoms with Crippen LogP contribution in [-0.4, -0.2) is 35.0 Å². The minimum Gasteiger partial charge on any atom is -0.263 e. The molecule has 19 heavy (non-hydrogen) atoms.